The number of hydrogen-bond donors (Lipinski definition) is 2. The maximum Gasteiger partial charge on any atom is 0.394 e. The van der Waals surface area contributed by atoms with E-state index in [1.807, 2.05) is 31.2 Å². The van der Waals surface area contributed by atoms with Gasteiger partial charge in [0, 0.05) is 18.7 Å². The van der Waals surface area contributed by atoms with E-state index in [1.165, 1.54) is 6.26 Å². The van der Waals surface area contributed by atoms with Gasteiger partial charge in [0.25, 0.3) is 0 Å². The second kappa shape index (κ2) is 7.53. The molecule has 28 heavy (non-hydrogen) atoms. The van der Waals surface area contributed by atoms with Gasteiger partial charge in [-0.1, -0.05) is 17.7 Å². The Labute approximate surface area is 158 Å². The molecule has 1 aromatic heterocycles. The molecule has 2 heterocycles. The molecule has 1 aliphatic heterocycles. The van der Waals surface area contributed by atoms with Gasteiger partial charge in [0.05, 0.1) is 24.1 Å². The molecule has 0 saturated carbocycles. The Kier molecular flexibility index (Phi) is 5.30. The zero-order valence-electron chi connectivity index (χ0n) is 14.9. The Morgan fingerprint density at radius 1 is 1.29 bits per heavy atom. The maximum absolute atomic E-state index is 13.0. The monoisotopic (exact) mass is 397 g/mol. The molecular weight excluding hydrogens is 379 g/mol. The number of amides is 2. The molecule has 10 heteroatoms. The van der Waals surface area contributed by atoms with E-state index >= 15 is 0 Å². The largest absolute Gasteiger partial charge is 0.481 e. The van der Waals surface area contributed by atoms with Gasteiger partial charge in [0.2, 0.25) is 5.89 Å². The minimum absolute atomic E-state index is 0.0564. The molecule has 0 radical (unpaired) electrons. The zero-order valence-corrected chi connectivity index (χ0v) is 14.9. The number of rotatable bonds is 4. The highest BCUT2D eigenvalue weighted by atomic mass is 19.4. The summed E-state index contributed by atoms with van der Waals surface area (Å²) in [5.41, 5.74) is 2.22. The van der Waals surface area contributed by atoms with Crippen molar-refractivity contribution < 1.29 is 32.3 Å². The van der Waals surface area contributed by atoms with Crippen LogP contribution in [0.4, 0.5) is 18.0 Å². The van der Waals surface area contributed by atoms with Crippen LogP contribution in [0.2, 0.25) is 0 Å². The molecule has 0 spiro atoms. The molecule has 2 amide bonds. The van der Waals surface area contributed by atoms with E-state index in [4.69, 9.17) is 9.52 Å². The first kappa shape index (κ1) is 19.7. The summed E-state index contributed by atoms with van der Waals surface area (Å²) >= 11 is 0. The van der Waals surface area contributed by atoms with Crippen LogP contribution in [0.5, 0.6) is 0 Å². The first-order valence-corrected chi connectivity index (χ1v) is 8.49. The van der Waals surface area contributed by atoms with Crippen LogP contribution in [0.25, 0.3) is 11.5 Å². The van der Waals surface area contributed by atoms with Gasteiger partial charge in [-0.25, -0.2) is 9.78 Å². The maximum atomic E-state index is 13.0. The lowest BCUT2D eigenvalue weighted by Crippen LogP contribution is -2.39. The van der Waals surface area contributed by atoms with E-state index < -0.39 is 43.1 Å². The van der Waals surface area contributed by atoms with Crippen molar-refractivity contribution in [2.24, 2.45) is 11.8 Å². The average molecular weight is 397 g/mol. The Hall–Kier alpha value is -3.04. The summed E-state index contributed by atoms with van der Waals surface area (Å²) in [5, 5.41) is 11.5. The minimum atomic E-state index is -4.69. The third-order valence-corrected chi connectivity index (χ3v) is 4.62. The van der Waals surface area contributed by atoms with Gasteiger partial charge >= 0.3 is 18.2 Å². The van der Waals surface area contributed by atoms with Gasteiger partial charge in [-0.3, -0.25) is 4.79 Å². The standard InChI is InChI=1S/C18H18F3N3O4/c1-10-2-4-11(5-3-10)15-23-12(9-28-15)6-22-17(27)24-7-13(16(25)26)14(8-24)18(19,20)21/h2-5,9,13-14H,6-8H2,1H3,(H,22,27)(H,25,26)/t13-,14-/m1/s1. The molecule has 0 aliphatic carbocycles. The van der Waals surface area contributed by atoms with Gasteiger partial charge in [0.15, 0.2) is 0 Å². The zero-order chi connectivity index (χ0) is 20.5. The number of oxazole rings is 1. The van der Waals surface area contributed by atoms with E-state index in [9.17, 15) is 22.8 Å². The van der Waals surface area contributed by atoms with Gasteiger partial charge in [-0.15, -0.1) is 0 Å². The third kappa shape index (κ3) is 4.26. The SMILES string of the molecule is Cc1ccc(-c2nc(CNC(=O)N3C[C@@H](C(F)(F)F)[C@H](C(=O)O)C3)co2)cc1. The van der Waals surface area contributed by atoms with Crippen molar-refractivity contribution in [3.05, 3.63) is 41.8 Å². The van der Waals surface area contributed by atoms with E-state index in [2.05, 4.69) is 10.3 Å². The number of nitrogens with one attached hydrogen (secondary N) is 1. The number of benzene rings is 1. The number of urea groups is 1. The van der Waals surface area contributed by atoms with Gasteiger partial charge < -0.3 is 19.7 Å². The summed E-state index contributed by atoms with van der Waals surface area (Å²) in [6.07, 6.45) is -3.34. The number of nitrogens with zero attached hydrogens (tertiary/aromatic N) is 2. The van der Waals surface area contributed by atoms with Gasteiger partial charge in [-0.2, -0.15) is 13.2 Å². The molecule has 3 rings (SSSR count). The van der Waals surface area contributed by atoms with Gasteiger partial charge in [0.1, 0.15) is 6.26 Å². The van der Waals surface area contributed by atoms with Crippen LogP contribution in [0.15, 0.2) is 34.9 Å². The highest BCUT2D eigenvalue weighted by Crippen LogP contribution is 2.37. The summed E-state index contributed by atoms with van der Waals surface area (Å²) < 4.78 is 44.4. The molecule has 2 atom stereocenters. The topological polar surface area (TPSA) is 95.7 Å². The van der Waals surface area contributed by atoms with Crippen molar-refractivity contribution in [3.8, 4) is 11.5 Å². The normalized spacial score (nSPS) is 19.6. The number of carboxylic acid groups (broad SMARTS) is 1. The number of carbonyl (C=O) groups excluding carboxylic acids is 1. The highest BCUT2D eigenvalue weighted by Gasteiger charge is 2.53. The second-order valence-electron chi connectivity index (χ2n) is 6.67. The molecule has 150 valence electrons. The predicted molar refractivity (Wildman–Crippen MR) is 91.2 cm³/mol. The summed E-state index contributed by atoms with van der Waals surface area (Å²) in [7, 11) is 0. The number of aromatic nitrogens is 1. The number of alkyl halides is 3. The first-order valence-electron chi connectivity index (χ1n) is 8.49. The summed E-state index contributed by atoms with van der Waals surface area (Å²) in [6, 6.07) is 6.67. The summed E-state index contributed by atoms with van der Waals surface area (Å²) in [5.74, 6) is -4.98. The average Bonchev–Trinajstić information content (AvgIpc) is 3.27. The fraction of sp³-hybridized carbons (Fsp3) is 0.389. The summed E-state index contributed by atoms with van der Waals surface area (Å²) in [4.78, 5) is 28.3. The fourth-order valence-corrected chi connectivity index (χ4v) is 3.05. The molecule has 7 nitrogen and oxygen atoms in total. The second-order valence-corrected chi connectivity index (χ2v) is 6.67. The molecular formula is C18H18F3N3O4. The van der Waals surface area contributed by atoms with Crippen LogP contribution in [-0.2, 0) is 11.3 Å². The number of halogens is 3. The quantitative estimate of drug-likeness (QED) is 0.827. The Morgan fingerprint density at radius 3 is 2.54 bits per heavy atom. The number of aliphatic carboxylic acids is 1. The molecule has 0 unspecified atom stereocenters. The third-order valence-electron chi connectivity index (χ3n) is 4.62. The first-order chi connectivity index (χ1) is 13.1. The van der Waals surface area contributed by atoms with Crippen molar-refractivity contribution in [1.82, 2.24) is 15.2 Å². The molecule has 0 bridgehead atoms. The van der Waals surface area contributed by atoms with Crippen LogP contribution in [-0.4, -0.2) is 46.3 Å². The van der Waals surface area contributed by atoms with Crippen LogP contribution in [0.3, 0.4) is 0 Å². The molecule has 1 aliphatic rings. The lowest BCUT2D eigenvalue weighted by atomic mass is 9.96. The molecule has 1 aromatic carbocycles. The lowest BCUT2D eigenvalue weighted by molar-refractivity contribution is -0.187. The van der Waals surface area contributed by atoms with Crippen LogP contribution < -0.4 is 5.32 Å². The minimum Gasteiger partial charge on any atom is -0.481 e. The molecule has 2 aromatic rings. The Balaban J connectivity index is 1.60. The summed E-state index contributed by atoms with van der Waals surface area (Å²) in [6.45, 7) is 0.689. The van der Waals surface area contributed by atoms with Crippen molar-refractivity contribution in [2.75, 3.05) is 13.1 Å². The van der Waals surface area contributed by atoms with Crippen molar-refractivity contribution in [2.45, 2.75) is 19.6 Å². The number of aryl methyl sites for hydroxylation is 1. The highest BCUT2D eigenvalue weighted by molar-refractivity contribution is 5.77. The van der Waals surface area contributed by atoms with Crippen LogP contribution in [0.1, 0.15) is 11.3 Å². The van der Waals surface area contributed by atoms with Crippen molar-refractivity contribution in [1.29, 1.82) is 0 Å². The lowest BCUT2D eigenvalue weighted by Gasteiger charge is -2.18. The fourth-order valence-electron chi connectivity index (χ4n) is 3.05. The number of hydrogen-bond acceptors (Lipinski definition) is 4. The predicted octanol–water partition coefficient (Wildman–Crippen LogP) is 3.05. The van der Waals surface area contributed by atoms with Crippen molar-refractivity contribution in [3.63, 3.8) is 0 Å². The number of likely N-dealkylation sites (tertiary alicyclic amines) is 1. The molecule has 2 N–H and O–H groups in total. The number of carbonyl (C=O) groups is 2. The molecule has 1 saturated heterocycles. The van der Waals surface area contributed by atoms with E-state index in [1.54, 1.807) is 0 Å². The van der Waals surface area contributed by atoms with Gasteiger partial charge in [-0.05, 0) is 19.1 Å². The number of carboxylic acids is 1. The van der Waals surface area contributed by atoms with E-state index in [0.29, 0.717) is 11.6 Å². The Bertz CT molecular complexity index is 864. The van der Waals surface area contributed by atoms with Crippen LogP contribution >= 0.6 is 0 Å². The van der Waals surface area contributed by atoms with E-state index in [-0.39, 0.29) is 6.54 Å². The van der Waals surface area contributed by atoms with Crippen LogP contribution in [0, 0.1) is 18.8 Å². The smallest absolute Gasteiger partial charge is 0.394 e. The molecule has 1 fully saturated rings. The van der Waals surface area contributed by atoms with Crippen molar-refractivity contribution >= 4 is 12.0 Å². The van der Waals surface area contributed by atoms with E-state index in [0.717, 1.165) is 16.0 Å². The Morgan fingerprint density at radius 2 is 1.96 bits per heavy atom.